The van der Waals surface area contributed by atoms with Gasteiger partial charge in [-0.25, -0.2) is 15.0 Å². The first-order valence-electron chi connectivity index (χ1n) is 15.9. The van der Waals surface area contributed by atoms with Crippen LogP contribution in [-0.2, 0) is 16.1 Å². The summed E-state index contributed by atoms with van der Waals surface area (Å²) < 4.78 is 2.23. The summed E-state index contributed by atoms with van der Waals surface area (Å²) in [5.74, 6) is 0.556. The summed E-state index contributed by atoms with van der Waals surface area (Å²) in [5, 5.41) is 8.30. The molecule has 0 spiro atoms. The van der Waals surface area contributed by atoms with Crippen molar-refractivity contribution in [2.75, 3.05) is 25.0 Å². The zero-order valence-corrected chi connectivity index (χ0v) is 27.9. The molecule has 238 valence electrons. The van der Waals surface area contributed by atoms with E-state index >= 15 is 0 Å². The molecular formula is C34H37BrN8O3. The van der Waals surface area contributed by atoms with Gasteiger partial charge in [-0.15, -0.1) is 0 Å². The van der Waals surface area contributed by atoms with Gasteiger partial charge in [-0.1, -0.05) is 18.6 Å². The molecule has 0 unspecified atom stereocenters. The van der Waals surface area contributed by atoms with Crippen LogP contribution in [0.15, 0.2) is 47.3 Å². The topological polar surface area (TPSA) is 126 Å². The average Bonchev–Trinajstić information content (AvgIpc) is 3.44. The molecule has 3 fully saturated rings. The molecule has 1 saturated carbocycles. The lowest BCUT2D eigenvalue weighted by Gasteiger charge is -2.30. The molecule has 1 N–H and O–H groups in total. The zero-order valence-electron chi connectivity index (χ0n) is 26.3. The molecule has 11 nitrogen and oxygen atoms in total. The lowest BCUT2D eigenvalue weighted by Crippen LogP contribution is -2.47. The van der Waals surface area contributed by atoms with Gasteiger partial charge < -0.3 is 15.1 Å². The third kappa shape index (κ3) is 5.72. The fourth-order valence-corrected chi connectivity index (χ4v) is 7.64. The fourth-order valence-electron chi connectivity index (χ4n) is 7.33. The van der Waals surface area contributed by atoms with Crippen LogP contribution in [0.5, 0.6) is 0 Å². The van der Waals surface area contributed by atoms with Crippen LogP contribution in [0.2, 0.25) is 0 Å². The van der Waals surface area contributed by atoms with Gasteiger partial charge >= 0.3 is 0 Å². The number of likely N-dealkylation sites (tertiary alicyclic amines) is 2. The summed E-state index contributed by atoms with van der Waals surface area (Å²) in [4.78, 5) is 58.2. The van der Waals surface area contributed by atoms with Crippen LogP contribution in [0.3, 0.4) is 0 Å². The van der Waals surface area contributed by atoms with Crippen LogP contribution < -0.4 is 5.32 Å². The molecule has 46 heavy (non-hydrogen) atoms. The predicted octanol–water partition coefficient (Wildman–Crippen LogP) is 4.95. The van der Waals surface area contributed by atoms with Gasteiger partial charge in [0.05, 0.1) is 5.52 Å². The van der Waals surface area contributed by atoms with Gasteiger partial charge in [0.1, 0.15) is 34.5 Å². The van der Waals surface area contributed by atoms with Crippen molar-refractivity contribution in [1.29, 1.82) is 0 Å². The number of halogens is 1. The molecule has 2 saturated heterocycles. The molecule has 3 aliphatic rings. The van der Waals surface area contributed by atoms with Gasteiger partial charge in [0.25, 0.3) is 0 Å². The second kappa shape index (κ2) is 12.0. The van der Waals surface area contributed by atoms with Crippen molar-refractivity contribution < 1.29 is 14.4 Å². The Kier molecular flexibility index (Phi) is 7.96. The van der Waals surface area contributed by atoms with E-state index in [1.165, 1.54) is 26.2 Å². The number of Topliss-reactive ketones (excluding diaryl/α,β-unsaturated/α-hetero) is 1. The molecule has 2 amide bonds. The minimum atomic E-state index is -0.626. The number of fused-ring (bicyclic) bond motifs is 2. The van der Waals surface area contributed by atoms with Crippen molar-refractivity contribution in [3.63, 3.8) is 0 Å². The molecule has 12 heteroatoms. The number of hydrogen-bond donors (Lipinski definition) is 1. The summed E-state index contributed by atoms with van der Waals surface area (Å²) in [6, 6.07) is 8.79. The van der Waals surface area contributed by atoms with Gasteiger partial charge in [-0.3, -0.25) is 19.1 Å². The number of aromatic nitrogens is 5. The van der Waals surface area contributed by atoms with Crippen molar-refractivity contribution >= 4 is 50.2 Å². The van der Waals surface area contributed by atoms with Gasteiger partial charge in [-0.05, 0) is 97.9 Å². The zero-order chi connectivity index (χ0) is 32.2. The highest BCUT2D eigenvalue weighted by Gasteiger charge is 2.67. The van der Waals surface area contributed by atoms with E-state index in [9.17, 15) is 14.4 Å². The van der Waals surface area contributed by atoms with Crippen molar-refractivity contribution in [2.45, 2.75) is 71.5 Å². The molecule has 2 aliphatic heterocycles. The minimum absolute atomic E-state index is 0.0171. The second-order valence-corrected chi connectivity index (χ2v) is 13.9. The number of rotatable bonds is 8. The lowest BCUT2D eigenvalue weighted by atomic mass is 9.97. The van der Waals surface area contributed by atoms with Gasteiger partial charge in [0.15, 0.2) is 5.78 Å². The highest BCUT2D eigenvalue weighted by atomic mass is 79.9. The van der Waals surface area contributed by atoms with Crippen molar-refractivity contribution in [3.8, 4) is 11.1 Å². The molecule has 4 aromatic rings. The van der Waals surface area contributed by atoms with Crippen molar-refractivity contribution in [2.24, 2.45) is 5.41 Å². The molecule has 0 radical (unpaired) electrons. The lowest BCUT2D eigenvalue weighted by molar-refractivity contribution is -0.138. The molecule has 7 rings (SSSR count). The van der Waals surface area contributed by atoms with Crippen LogP contribution in [0.4, 0.5) is 5.82 Å². The van der Waals surface area contributed by atoms with Crippen LogP contribution in [0.25, 0.3) is 22.0 Å². The normalized spacial score (nSPS) is 22.6. The van der Waals surface area contributed by atoms with E-state index in [1.54, 1.807) is 22.0 Å². The Labute approximate surface area is 275 Å². The first-order chi connectivity index (χ1) is 22.1. The number of benzene rings is 1. The molecule has 3 aromatic heterocycles. The molecule has 1 aliphatic carbocycles. The van der Waals surface area contributed by atoms with Crippen LogP contribution in [0.1, 0.15) is 60.9 Å². The van der Waals surface area contributed by atoms with E-state index in [4.69, 9.17) is 0 Å². The van der Waals surface area contributed by atoms with Crippen LogP contribution in [-0.4, -0.2) is 83.8 Å². The average molecular weight is 686 g/mol. The molecule has 3 atom stereocenters. The number of amides is 2. The van der Waals surface area contributed by atoms with E-state index < -0.39 is 6.04 Å². The number of nitrogens with zero attached hydrogens (tertiary/aromatic N) is 7. The summed E-state index contributed by atoms with van der Waals surface area (Å²) in [5.41, 5.74) is 3.41. The number of aryl methyl sites for hydroxylation is 2. The third-order valence-corrected chi connectivity index (χ3v) is 10.2. The summed E-state index contributed by atoms with van der Waals surface area (Å²) in [6.45, 7) is 8.14. The summed E-state index contributed by atoms with van der Waals surface area (Å²) >= 11 is 3.40. The van der Waals surface area contributed by atoms with Gasteiger partial charge in [0, 0.05) is 48.3 Å². The number of nitrogens with one attached hydrogen (secondary N) is 1. The standard InChI is InChI=1S/C34H37BrN8O3/c1-20-7-10-29(35)38-32(20)39-33(46)27-14-34(19-41-11-5-4-6-12-41)15-28(34)43(27)30(45)18-42-26-9-8-23(24-16-36-22(3)37-17-24)13-25(26)31(40-42)21(2)44/h7-10,13,16-17,27-28H,4-6,11-12,14-15,18-19H2,1-3H3,(H,38,39,46)/t27-,28-,34+/m0/s1. The fraction of sp³-hybridized carbons (Fsp3) is 0.441. The maximum absolute atomic E-state index is 14.3. The molecule has 5 heterocycles. The number of piperidine rings is 2. The van der Waals surface area contributed by atoms with E-state index in [0.717, 1.165) is 42.7 Å². The first-order valence-corrected chi connectivity index (χ1v) is 16.7. The predicted molar refractivity (Wildman–Crippen MR) is 177 cm³/mol. The highest BCUT2D eigenvalue weighted by molar-refractivity contribution is 9.10. The maximum atomic E-state index is 14.3. The van der Waals surface area contributed by atoms with Crippen LogP contribution in [0, 0.1) is 19.3 Å². The molecule has 1 aromatic carbocycles. The third-order valence-electron chi connectivity index (χ3n) is 9.78. The van der Waals surface area contributed by atoms with Crippen molar-refractivity contribution in [1.82, 2.24) is 34.5 Å². The summed E-state index contributed by atoms with van der Waals surface area (Å²) in [7, 11) is 0. The quantitative estimate of drug-likeness (QED) is 0.204. The van der Waals surface area contributed by atoms with Gasteiger partial charge in [0.2, 0.25) is 11.8 Å². The second-order valence-electron chi connectivity index (χ2n) is 13.0. The van der Waals surface area contributed by atoms with E-state index in [0.29, 0.717) is 39.3 Å². The number of carbonyl (C=O) groups is 3. The molecule has 0 bridgehead atoms. The SMILES string of the molecule is CC(=O)c1nn(CC(=O)N2[C@H]3C[C@@]3(CN3CCCCC3)C[C@H]2C(=O)Nc2nc(Br)ccc2C)c2ccc(-c3cnc(C)nc3)cc12. The van der Waals surface area contributed by atoms with Gasteiger partial charge in [-0.2, -0.15) is 5.10 Å². The number of ketones is 1. The Morgan fingerprint density at radius 2 is 1.76 bits per heavy atom. The minimum Gasteiger partial charge on any atom is -0.325 e. The number of pyridine rings is 1. The number of hydrogen-bond acceptors (Lipinski definition) is 8. The highest BCUT2D eigenvalue weighted by Crippen LogP contribution is 2.60. The maximum Gasteiger partial charge on any atom is 0.248 e. The largest absolute Gasteiger partial charge is 0.325 e. The Morgan fingerprint density at radius 1 is 1.00 bits per heavy atom. The Bertz CT molecular complexity index is 1850. The number of carbonyl (C=O) groups excluding carboxylic acids is 3. The first kappa shape index (κ1) is 30.6. The smallest absolute Gasteiger partial charge is 0.248 e. The monoisotopic (exact) mass is 684 g/mol. The van der Waals surface area contributed by atoms with E-state index in [1.807, 2.05) is 44.2 Å². The van der Waals surface area contributed by atoms with Crippen LogP contribution >= 0.6 is 15.9 Å². The number of anilines is 1. The Hall–Kier alpha value is -4.03. The van der Waals surface area contributed by atoms with E-state index in [-0.39, 0.29) is 35.6 Å². The van der Waals surface area contributed by atoms with Crippen molar-refractivity contribution in [3.05, 3.63) is 64.4 Å². The Morgan fingerprint density at radius 3 is 2.50 bits per heavy atom. The Balaban J connectivity index is 1.18. The molecular weight excluding hydrogens is 648 g/mol. The summed E-state index contributed by atoms with van der Waals surface area (Å²) in [6.07, 6.45) is 8.62. The van der Waals surface area contributed by atoms with E-state index in [2.05, 4.69) is 46.2 Å².